The minimum Gasteiger partial charge on any atom is -0.324 e. The first kappa shape index (κ1) is 9.69. The molecule has 0 bridgehead atoms. The Morgan fingerprint density at radius 3 is 2.92 bits per heavy atom. The highest BCUT2D eigenvalue weighted by Gasteiger charge is 1.99. The van der Waals surface area contributed by atoms with Gasteiger partial charge < -0.3 is 5.73 Å². The summed E-state index contributed by atoms with van der Waals surface area (Å²) in [5.41, 5.74) is 7.38. The number of nitrogens with two attached hydrogens (primary N) is 1. The number of hydrogen-bond donors (Lipinski definition) is 1. The van der Waals surface area contributed by atoms with Crippen molar-refractivity contribution in [3.05, 3.63) is 23.3 Å². The van der Waals surface area contributed by atoms with Gasteiger partial charge in [-0.2, -0.15) is 0 Å². The van der Waals surface area contributed by atoms with Crippen LogP contribution in [0.5, 0.6) is 0 Å². The van der Waals surface area contributed by atoms with Crippen LogP contribution in [-0.2, 0) is 13.0 Å². The fourth-order valence-corrected chi connectivity index (χ4v) is 1.12. The van der Waals surface area contributed by atoms with Gasteiger partial charge in [0.2, 0.25) is 0 Å². The molecule has 0 saturated heterocycles. The number of terminal acetylenes is 1. The first-order valence-corrected chi connectivity index (χ1v) is 4.23. The molecular weight excluding hydrogens is 162 g/mol. The molecule has 1 aromatic rings. The SMILES string of the molecule is C#CCCc1cc(C)nc(CN)n1. The van der Waals surface area contributed by atoms with Crippen LogP contribution in [0.25, 0.3) is 0 Å². The number of rotatable bonds is 3. The predicted molar refractivity (Wildman–Crippen MR) is 51.8 cm³/mol. The van der Waals surface area contributed by atoms with Crippen molar-refractivity contribution in [1.29, 1.82) is 0 Å². The van der Waals surface area contributed by atoms with Gasteiger partial charge in [0.05, 0.1) is 6.54 Å². The largest absolute Gasteiger partial charge is 0.324 e. The molecule has 0 aliphatic heterocycles. The van der Waals surface area contributed by atoms with E-state index in [1.165, 1.54) is 0 Å². The predicted octanol–water partition coefficient (Wildman–Crippen LogP) is 0.810. The Hall–Kier alpha value is -1.40. The van der Waals surface area contributed by atoms with Crippen molar-refractivity contribution in [2.45, 2.75) is 26.3 Å². The maximum Gasteiger partial charge on any atom is 0.142 e. The normalized spacial score (nSPS) is 9.62. The van der Waals surface area contributed by atoms with Crippen molar-refractivity contribution >= 4 is 0 Å². The Morgan fingerprint density at radius 2 is 2.31 bits per heavy atom. The van der Waals surface area contributed by atoms with Gasteiger partial charge >= 0.3 is 0 Å². The number of aryl methyl sites for hydroxylation is 2. The molecule has 0 aromatic carbocycles. The molecular formula is C10H13N3. The summed E-state index contributed by atoms with van der Waals surface area (Å²) in [7, 11) is 0. The lowest BCUT2D eigenvalue weighted by atomic mass is 10.2. The van der Waals surface area contributed by atoms with Crippen molar-refractivity contribution < 1.29 is 0 Å². The van der Waals surface area contributed by atoms with Crippen LogP contribution in [0.15, 0.2) is 6.07 Å². The van der Waals surface area contributed by atoms with E-state index in [0.29, 0.717) is 18.8 Å². The smallest absolute Gasteiger partial charge is 0.142 e. The molecule has 0 unspecified atom stereocenters. The molecule has 0 atom stereocenters. The second-order valence-electron chi connectivity index (χ2n) is 2.83. The highest BCUT2D eigenvalue weighted by atomic mass is 14.9. The fraction of sp³-hybridized carbons (Fsp3) is 0.400. The van der Waals surface area contributed by atoms with Gasteiger partial charge in [-0.1, -0.05) is 0 Å². The molecule has 0 saturated carbocycles. The molecule has 0 amide bonds. The zero-order chi connectivity index (χ0) is 9.68. The number of nitrogens with zero attached hydrogens (tertiary/aromatic N) is 2. The van der Waals surface area contributed by atoms with Gasteiger partial charge in [-0.25, -0.2) is 9.97 Å². The molecule has 13 heavy (non-hydrogen) atoms. The summed E-state index contributed by atoms with van der Waals surface area (Å²) in [5, 5.41) is 0. The number of hydrogen-bond acceptors (Lipinski definition) is 3. The molecule has 1 heterocycles. The molecule has 3 nitrogen and oxygen atoms in total. The highest BCUT2D eigenvalue weighted by molar-refractivity contribution is 5.11. The molecule has 68 valence electrons. The van der Waals surface area contributed by atoms with E-state index in [4.69, 9.17) is 12.2 Å². The Bertz CT molecular complexity index is 325. The summed E-state index contributed by atoms with van der Waals surface area (Å²) in [6, 6.07) is 1.94. The Kier molecular flexibility index (Phi) is 3.41. The third kappa shape index (κ3) is 2.85. The van der Waals surface area contributed by atoms with E-state index in [9.17, 15) is 0 Å². The number of aromatic nitrogens is 2. The van der Waals surface area contributed by atoms with E-state index in [0.717, 1.165) is 17.8 Å². The lowest BCUT2D eigenvalue weighted by Gasteiger charge is -2.02. The lowest BCUT2D eigenvalue weighted by Crippen LogP contribution is -2.06. The van der Waals surface area contributed by atoms with Crippen LogP contribution in [-0.4, -0.2) is 9.97 Å². The first-order valence-electron chi connectivity index (χ1n) is 4.23. The van der Waals surface area contributed by atoms with Crippen LogP contribution >= 0.6 is 0 Å². The standard InChI is InChI=1S/C10H13N3/c1-3-4-5-9-6-8(2)12-10(7-11)13-9/h1,6H,4-5,7,11H2,2H3. The zero-order valence-electron chi connectivity index (χ0n) is 7.75. The van der Waals surface area contributed by atoms with E-state index in [-0.39, 0.29) is 0 Å². The van der Waals surface area contributed by atoms with Gasteiger partial charge in [-0.05, 0) is 13.0 Å². The average Bonchev–Trinajstić information content (AvgIpc) is 2.14. The molecule has 1 rings (SSSR count). The van der Waals surface area contributed by atoms with Crippen LogP contribution in [0.4, 0.5) is 0 Å². The summed E-state index contributed by atoms with van der Waals surface area (Å²) in [4.78, 5) is 8.43. The van der Waals surface area contributed by atoms with E-state index in [2.05, 4.69) is 15.9 Å². The summed E-state index contributed by atoms with van der Waals surface area (Å²) in [5.74, 6) is 3.27. The van der Waals surface area contributed by atoms with Crippen LogP contribution in [0, 0.1) is 19.3 Å². The quantitative estimate of drug-likeness (QED) is 0.692. The molecule has 2 N–H and O–H groups in total. The van der Waals surface area contributed by atoms with Crippen molar-refractivity contribution in [2.24, 2.45) is 5.73 Å². The summed E-state index contributed by atoms with van der Waals surface area (Å²) >= 11 is 0. The van der Waals surface area contributed by atoms with Gasteiger partial charge in [0, 0.05) is 24.2 Å². The van der Waals surface area contributed by atoms with E-state index in [1.54, 1.807) is 0 Å². The van der Waals surface area contributed by atoms with Crippen molar-refractivity contribution in [3.63, 3.8) is 0 Å². The summed E-state index contributed by atoms with van der Waals surface area (Å²) in [6.45, 7) is 2.31. The lowest BCUT2D eigenvalue weighted by molar-refractivity contribution is 0.838. The molecule has 0 fully saturated rings. The second-order valence-corrected chi connectivity index (χ2v) is 2.83. The van der Waals surface area contributed by atoms with E-state index >= 15 is 0 Å². The molecule has 1 aromatic heterocycles. The molecule has 3 heteroatoms. The van der Waals surface area contributed by atoms with Crippen LogP contribution in [0.3, 0.4) is 0 Å². The van der Waals surface area contributed by atoms with Crippen LogP contribution in [0.2, 0.25) is 0 Å². The van der Waals surface area contributed by atoms with Gasteiger partial charge in [-0.15, -0.1) is 12.3 Å². The molecule has 0 spiro atoms. The monoisotopic (exact) mass is 175 g/mol. The molecule has 0 aliphatic carbocycles. The Labute approximate surface area is 78.4 Å². The summed E-state index contributed by atoms with van der Waals surface area (Å²) in [6.07, 6.45) is 6.67. The van der Waals surface area contributed by atoms with Crippen molar-refractivity contribution in [2.75, 3.05) is 0 Å². The van der Waals surface area contributed by atoms with E-state index in [1.807, 2.05) is 13.0 Å². The first-order chi connectivity index (χ1) is 6.26. The average molecular weight is 175 g/mol. The maximum absolute atomic E-state index is 5.45. The zero-order valence-corrected chi connectivity index (χ0v) is 7.75. The van der Waals surface area contributed by atoms with Gasteiger partial charge in [0.15, 0.2) is 0 Å². The Morgan fingerprint density at radius 1 is 1.54 bits per heavy atom. The highest BCUT2D eigenvalue weighted by Crippen LogP contribution is 2.02. The summed E-state index contributed by atoms with van der Waals surface area (Å²) < 4.78 is 0. The van der Waals surface area contributed by atoms with E-state index < -0.39 is 0 Å². The van der Waals surface area contributed by atoms with Crippen LogP contribution < -0.4 is 5.73 Å². The van der Waals surface area contributed by atoms with Gasteiger partial charge in [0.1, 0.15) is 5.82 Å². The van der Waals surface area contributed by atoms with Crippen LogP contribution in [0.1, 0.15) is 23.6 Å². The van der Waals surface area contributed by atoms with Crippen molar-refractivity contribution in [1.82, 2.24) is 9.97 Å². The minimum absolute atomic E-state index is 0.380. The van der Waals surface area contributed by atoms with Gasteiger partial charge in [-0.3, -0.25) is 0 Å². The molecule has 0 radical (unpaired) electrons. The third-order valence-electron chi connectivity index (χ3n) is 1.66. The molecule has 0 aliphatic rings. The minimum atomic E-state index is 0.380. The Balaban J connectivity index is 2.83. The van der Waals surface area contributed by atoms with Gasteiger partial charge in [0.25, 0.3) is 0 Å². The second kappa shape index (κ2) is 4.58. The topological polar surface area (TPSA) is 51.8 Å². The van der Waals surface area contributed by atoms with Crippen molar-refractivity contribution in [3.8, 4) is 12.3 Å². The maximum atomic E-state index is 5.45. The fourth-order valence-electron chi connectivity index (χ4n) is 1.12. The third-order valence-corrected chi connectivity index (χ3v) is 1.66.